The topological polar surface area (TPSA) is 86.7 Å². The number of nitro benzene ring substituents is 1. The number of aromatic nitrogens is 4. The molecule has 10 heteroatoms. The second-order valence-electron chi connectivity index (χ2n) is 6.53. The fourth-order valence-electron chi connectivity index (χ4n) is 3.20. The molecule has 0 aliphatic carbocycles. The molecule has 0 N–H and O–H groups in total. The van der Waals surface area contributed by atoms with Gasteiger partial charge < -0.3 is 0 Å². The molecule has 0 atom stereocenters. The molecule has 4 rings (SSSR count). The van der Waals surface area contributed by atoms with Gasteiger partial charge in [-0.15, -0.1) is 4.80 Å². The van der Waals surface area contributed by atoms with Gasteiger partial charge in [0.2, 0.25) is 0 Å². The van der Waals surface area contributed by atoms with Crippen molar-refractivity contribution in [1.82, 2.24) is 20.0 Å². The van der Waals surface area contributed by atoms with E-state index in [0.717, 1.165) is 0 Å². The van der Waals surface area contributed by atoms with Crippen molar-refractivity contribution in [2.24, 2.45) is 0 Å². The molecule has 0 saturated carbocycles. The van der Waals surface area contributed by atoms with Gasteiger partial charge in [-0.1, -0.05) is 22.0 Å². The molecule has 0 spiro atoms. The average Bonchev–Trinajstić information content (AvgIpc) is 3.30. The fourth-order valence-corrected chi connectivity index (χ4v) is 3.61. The number of hydrogen-bond donors (Lipinski definition) is 0. The van der Waals surface area contributed by atoms with Gasteiger partial charge in [0.05, 0.1) is 22.9 Å². The van der Waals surface area contributed by atoms with Crippen LogP contribution in [-0.4, -0.2) is 24.9 Å². The van der Waals surface area contributed by atoms with Crippen LogP contribution < -0.4 is 0 Å². The lowest BCUT2D eigenvalue weighted by atomic mass is 9.95. The molecular formula is C21H13BrF2N5O2. The van der Waals surface area contributed by atoms with Crippen molar-refractivity contribution in [3.8, 4) is 16.9 Å². The zero-order chi connectivity index (χ0) is 22.0. The predicted molar refractivity (Wildman–Crippen MR) is 112 cm³/mol. The number of benzene rings is 2. The van der Waals surface area contributed by atoms with Crippen molar-refractivity contribution in [3.05, 3.63) is 99.5 Å². The van der Waals surface area contributed by atoms with Gasteiger partial charge in [0, 0.05) is 34.6 Å². The third kappa shape index (κ3) is 4.19. The van der Waals surface area contributed by atoms with Crippen LogP contribution in [0.5, 0.6) is 0 Å². The van der Waals surface area contributed by atoms with Gasteiger partial charge in [0.25, 0.3) is 5.69 Å². The molecule has 0 aliphatic rings. The Labute approximate surface area is 183 Å². The fraction of sp³-hybridized carbons (Fsp3) is 0.0952. The summed E-state index contributed by atoms with van der Waals surface area (Å²) >= 11 is 3.25. The number of nitro groups is 1. The molecule has 2 aromatic carbocycles. The summed E-state index contributed by atoms with van der Waals surface area (Å²) in [7, 11) is 0. The van der Waals surface area contributed by atoms with Crippen LogP contribution in [0.25, 0.3) is 16.9 Å². The number of rotatable bonds is 6. The Morgan fingerprint density at radius 1 is 1.13 bits per heavy atom. The Balaban J connectivity index is 1.82. The van der Waals surface area contributed by atoms with Crippen molar-refractivity contribution in [2.75, 3.05) is 0 Å². The van der Waals surface area contributed by atoms with Gasteiger partial charge >= 0.3 is 0 Å². The Bertz CT molecular complexity index is 1230. The number of nitrogens with zero attached hydrogens (tertiary/aromatic N) is 5. The van der Waals surface area contributed by atoms with Crippen molar-refractivity contribution in [1.29, 1.82) is 0 Å². The van der Waals surface area contributed by atoms with E-state index in [-0.39, 0.29) is 34.1 Å². The summed E-state index contributed by atoms with van der Waals surface area (Å²) in [4.78, 5) is 16.9. The van der Waals surface area contributed by atoms with Gasteiger partial charge in [-0.3, -0.25) is 10.1 Å². The van der Waals surface area contributed by atoms with Gasteiger partial charge in [-0.05, 0) is 42.0 Å². The largest absolute Gasteiger partial charge is 0.281 e. The van der Waals surface area contributed by atoms with Crippen molar-refractivity contribution >= 4 is 21.6 Å². The third-order valence-electron chi connectivity index (χ3n) is 4.60. The third-order valence-corrected chi connectivity index (χ3v) is 5.16. The van der Waals surface area contributed by atoms with Crippen LogP contribution in [0, 0.1) is 27.8 Å². The molecule has 2 heterocycles. The first kappa shape index (κ1) is 20.7. The highest BCUT2D eigenvalue weighted by molar-refractivity contribution is 9.08. The molecule has 0 amide bonds. The van der Waals surface area contributed by atoms with Crippen LogP contribution in [0.2, 0.25) is 0 Å². The number of hydrogen-bond acceptors (Lipinski definition) is 5. The van der Waals surface area contributed by atoms with Gasteiger partial charge in [0.1, 0.15) is 11.6 Å². The van der Waals surface area contributed by atoms with Crippen LogP contribution in [0.1, 0.15) is 16.7 Å². The number of pyridine rings is 1. The van der Waals surface area contributed by atoms with E-state index in [1.165, 1.54) is 47.7 Å². The maximum Gasteiger partial charge on any atom is 0.281 e. The second-order valence-corrected chi connectivity index (χ2v) is 7.09. The zero-order valence-corrected chi connectivity index (χ0v) is 17.4. The summed E-state index contributed by atoms with van der Waals surface area (Å²) in [6, 6.07) is 11.3. The standard InChI is InChI=1S/C21H13BrF2N5O2/c22-11-15-8-13(10-17-18(23)2-1-3-19(17)24)9-16(21(15)29(30)31)14-4-5-20(25-12-14)28-26-6-7-27-28/h1-7,9,12H,10-11H2. The molecule has 0 unspecified atom stereocenters. The molecule has 7 nitrogen and oxygen atoms in total. The first-order valence-electron chi connectivity index (χ1n) is 9.02. The Kier molecular flexibility index (Phi) is 5.81. The van der Waals surface area contributed by atoms with E-state index in [1.54, 1.807) is 12.1 Å². The quantitative estimate of drug-likeness (QED) is 0.223. The molecule has 1 radical (unpaired) electrons. The highest BCUT2D eigenvalue weighted by Crippen LogP contribution is 2.36. The van der Waals surface area contributed by atoms with E-state index >= 15 is 0 Å². The first-order valence-corrected chi connectivity index (χ1v) is 10.1. The van der Waals surface area contributed by atoms with Crippen LogP contribution in [0.15, 0.2) is 55.0 Å². The van der Waals surface area contributed by atoms with Crippen LogP contribution in [0.4, 0.5) is 14.5 Å². The molecule has 0 saturated heterocycles. The highest BCUT2D eigenvalue weighted by atomic mass is 79.9. The second kappa shape index (κ2) is 8.68. The first-order chi connectivity index (χ1) is 15.0. The van der Waals surface area contributed by atoms with Crippen LogP contribution in [-0.2, 0) is 11.8 Å². The Morgan fingerprint density at radius 2 is 1.84 bits per heavy atom. The van der Waals surface area contributed by atoms with Gasteiger partial charge in [0.15, 0.2) is 5.82 Å². The summed E-state index contributed by atoms with van der Waals surface area (Å²) in [5, 5.41) is 19.9. The lowest BCUT2D eigenvalue weighted by Gasteiger charge is -2.11. The summed E-state index contributed by atoms with van der Waals surface area (Å²) < 4.78 is 28.3. The van der Waals surface area contributed by atoms with E-state index in [4.69, 9.17) is 0 Å². The minimum absolute atomic E-state index is 0.105. The average molecular weight is 485 g/mol. The zero-order valence-electron chi connectivity index (χ0n) is 15.8. The van der Waals surface area contributed by atoms with Crippen LogP contribution in [0.3, 0.4) is 0 Å². The van der Waals surface area contributed by atoms with Gasteiger partial charge in [-0.2, -0.15) is 10.2 Å². The van der Waals surface area contributed by atoms with E-state index in [2.05, 4.69) is 37.2 Å². The van der Waals surface area contributed by atoms with E-state index in [0.29, 0.717) is 16.9 Å². The SMILES string of the molecule is O=[N+]([O-])c1c(CBr)[c]c(Cc2c(F)cccc2F)cc1-c1ccc(-n2nccn2)nc1. The highest BCUT2D eigenvalue weighted by Gasteiger charge is 2.23. The summed E-state index contributed by atoms with van der Waals surface area (Å²) in [6.45, 7) is 0. The minimum Gasteiger partial charge on any atom is -0.258 e. The number of alkyl halides is 1. The van der Waals surface area contributed by atoms with Crippen LogP contribution >= 0.6 is 15.9 Å². The minimum atomic E-state index is -0.688. The number of halogens is 3. The summed E-state index contributed by atoms with van der Waals surface area (Å²) in [5.74, 6) is -0.939. The molecule has 2 aromatic heterocycles. The molecule has 31 heavy (non-hydrogen) atoms. The van der Waals surface area contributed by atoms with Crippen molar-refractivity contribution in [3.63, 3.8) is 0 Å². The monoisotopic (exact) mass is 484 g/mol. The van der Waals surface area contributed by atoms with E-state index in [9.17, 15) is 18.9 Å². The smallest absolute Gasteiger partial charge is 0.258 e. The summed E-state index contributed by atoms with van der Waals surface area (Å²) in [6.07, 6.45) is 4.37. The molecule has 155 valence electrons. The van der Waals surface area contributed by atoms with Crippen molar-refractivity contribution < 1.29 is 13.7 Å². The maximum atomic E-state index is 14.1. The lowest BCUT2D eigenvalue weighted by Crippen LogP contribution is -2.04. The molecule has 0 aliphatic heterocycles. The molecule has 4 aromatic rings. The van der Waals surface area contributed by atoms with Gasteiger partial charge in [-0.25, -0.2) is 13.8 Å². The molecular weight excluding hydrogens is 472 g/mol. The maximum absolute atomic E-state index is 14.1. The van der Waals surface area contributed by atoms with E-state index in [1.807, 2.05) is 0 Å². The molecule has 0 fully saturated rings. The normalized spacial score (nSPS) is 10.9. The molecule has 0 bridgehead atoms. The Hall–Kier alpha value is -3.53. The Morgan fingerprint density at radius 3 is 2.42 bits per heavy atom. The predicted octanol–water partition coefficient (Wildman–Crippen LogP) is 4.80. The lowest BCUT2D eigenvalue weighted by molar-refractivity contribution is -0.384. The van der Waals surface area contributed by atoms with E-state index < -0.39 is 16.6 Å². The summed E-state index contributed by atoms with van der Waals surface area (Å²) in [5.41, 5.74) is 1.15. The van der Waals surface area contributed by atoms with Crippen molar-refractivity contribution in [2.45, 2.75) is 11.8 Å².